The van der Waals surface area contributed by atoms with Crippen LogP contribution >= 0.6 is 0 Å². The maximum absolute atomic E-state index is 5.90. The molecule has 0 unspecified atom stereocenters. The van der Waals surface area contributed by atoms with Crippen molar-refractivity contribution in [1.29, 1.82) is 0 Å². The van der Waals surface area contributed by atoms with E-state index in [0.29, 0.717) is 26.4 Å². The van der Waals surface area contributed by atoms with Crippen LogP contribution in [0.5, 0.6) is 0 Å². The van der Waals surface area contributed by atoms with Crippen LogP contribution in [-0.4, -0.2) is 93.2 Å². The van der Waals surface area contributed by atoms with Gasteiger partial charge in [0.2, 0.25) is 0 Å². The van der Waals surface area contributed by atoms with Crippen molar-refractivity contribution >= 4 is 0 Å². The lowest BCUT2D eigenvalue weighted by Gasteiger charge is -2.38. The average Bonchev–Trinajstić information content (AvgIpc) is 2.56. The molecule has 9 heteroatoms. The molecular formula is C16H34O9. The molecule has 0 fully saturated rings. The lowest BCUT2D eigenvalue weighted by molar-refractivity contribution is -0.494. The minimum absolute atomic E-state index is 0.270. The third kappa shape index (κ3) is 12.6. The zero-order valence-corrected chi connectivity index (χ0v) is 16.3. The summed E-state index contributed by atoms with van der Waals surface area (Å²) in [6.45, 7) is 5.90. The first kappa shape index (κ1) is 24.6. The van der Waals surface area contributed by atoms with Crippen molar-refractivity contribution in [2.75, 3.05) is 81.3 Å². The predicted molar refractivity (Wildman–Crippen MR) is 89.2 cm³/mol. The molecule has 0 heterocycles. The van der Waals surface area contributed by atoms with Gasteiger partial charge in [0.05, 0.1) is 52.9 Å². The van der Waals surface area contributed by atoms with Gasteiger partial charge in [0, 0.05) is 42.3 Å². The van der Waals surface area contributed by atoms with Gasteiger partial charge in [0.1, 0.15) is 0 Å². The Labute approximate surface area is 150 Å². The van der Waals surface area contributed by atoms with Gasteiger partial charge in [-0.1, -0.05) is 0 Å². The second-order valence-corrected chi connectivity index (χ2v) is 5.19. The number of hydrogen-bond acceptors (Lipinski definition) is 9. The highest BCUT2D eigenvalue weighted by Gasteiger charge is 2.40. The molecule has 0 rings (SSSR count). The molecule has 0 atom stereocenters. The molecule has 0 bridgehead atoms. The standard InChI is InChI=1S/C16H34O9/c1-15(21-11-7-17-3,22-12-8-18-4)25-16(2,23-13-9-19-5)24-14-10-20-6/h7-14H2,1-6H3. The highest BCUT2D eigenvalue weighted by molar-refractivity contribution is 4.58. The van der Waals surface area contributed by atoms with E-state index >= 15 is 0 Å². The van der Waals surface area contributed by atoms with Gasteiger partial charge in [-0.15, -0.1) is 0 Å². The largest absolute Gasteiger partial charge is 0.382 e. The summed E-state index contributed by atoms with van der Waals surface area (Å²) in [7, 11) is 6.33. The van der Waals surface area contributed by atoms with Crippen molar-refractivity contribution in [3.8, 4) is 0 Å². The van der Waals surface area contributed by atoms with E-state index in [4.69, 9.17) is 42.6 Å². The molecule has 0 N–H and O–H groups in total. The van der Waals surface area contributed by atoms with E-state index in [2.05, 4.69) is 0 Å². The first-order valence-electron chi connectivity index (χ1n) is 8.17. The van der Waals surface area contributed by atoms with E-state index in [1.807, 2.05) is 0 Å². The van der Waals surface area contributed by atoms with Gasteiger partial charge in [0.15, 0.2) is 0 Å². The third-order valence-electron chi connectivity index (χ3n) is 2.98. The monoisotopic (exact) mass is 370 g/mol. The third-order valence-corrected chi connectivity index (χ3v) is 2.98. The van der Waals surface area contributed by atoms with E-state index in [1.165, 1.54) is 0 Å². The second kappa shape index (κ2) is 14.8. The molecule has 25 heavy (non-hydrogen) atoms. The molecule has 0 saturated heterocycles. The lowest BCUT2D eigenvalue weighted by Crippen LogP contribution is -2.49. The molecule has 0 aromatic heterocycles. The molecule has 0 aromatic carbocycles. The van der Waals surface area contributed by atoms with Crippen molar-refractivity contribution in [1.82, 2.24) is 0 Å². The number of ether oxygens (including phenoxy) is 9. The Bertz CT molecular complexity index is 253. The Hall–Kier alpha value is -0.360. The summed E-state index contributed by atoms with van der Waals surface area (Å²) in [5.74, 6) is -2.82. The van der Waals surface area contributed by atoms with Crippen LogP contribution in [-0.2, 0) is 42.6 Å². The molecule has 9 nitrogen and oxygen atoms in total. The first-order valence-corrected chi connectivity index (χ1v) is 8.17. The Balaban J connectivity index is 4.90. The van der Waals surface area contributed by atoms with Crippen molar-refractivity contribution in [2.45, 2.75) is 25.8 Å². The van der Waals surface area contributed by atoms with Gasteiger partial charge in [-0.2, -0.15) is 0 Å². The summed E-state index contributed by atoms with van der Waals surface area (Å²) in [6.07, 6.45) is 0. The summed E-state index contributed by atoms with van der Waals surface area (Å²) < 4.78 is 48.6. The summed E-state index contributed by atoms with van der Waals surface area (Å²) in [6, 6.07) is 0. The molecular weight excluding hydrogens is 336 g/mol. The number of methoxy groups -OCH3 is 4. The molecule has 0 saturated carbocycles. The van der Waals surface area contributed by atoms with E-state index in [0.717, 1.165) is 0 Å². The Morgan fingerprint density at radius 1 is 0.440 bits per heavy atom. The van der Waals surface area contributed by atoms with Crippen LogP contribution in [0.1, 0.15) is 13.8 Å². The Morgan fingerprint density at radius 3 is 0.880 bits per heavy atom. The second-order valence-electron chi connectivity index (χ2n) is 5.19. The van der Waals surface area contributed by atoms with Crippen LogP contribution in [0.2, 0.25) is 0 Å². The van der Waals surface area contributed by atoms with E-state index < -0.39 is 11.9 Å². The predicted octanol–water partition coefficient (Wildman–Crippen LogP) is 1.00. The maximum atomic E-state index is 5.90. The molecule has 0 amide bonds. The van der Waals surface area contributed by atoms with Gasteiger partial charge >= 0.3 is 0 Å². The van der Waals surface area contributed by atoms with Crippen molar-refractivity contribution in [3.05, 3.63) is 0 Å². The summed E-state index contributed by atoms with van der Waals surface area (Å²) in [5.41, 5.74) is 0. The van der Waals surface area contributed by atoms with Gasteiger partial charge in [-0.25, -0.2) is 0 Å². The normalized spacial score (nSPS) is 12.7. The van der Waals surface area contributed by atoms with Crippen molar-refractivity contribution < 1.29 is 42.6 Å². The minimum atomic E-state index is -1.41. The highest BCUT2D eigenvalue weighted by atomic mass is 17.0. The van der Waals surface area contributed by atoms with Crippen LogP contribution in [0, 0.1) is 0 Å². The number of rotatable bonds is 18. The molecule has 0 spiro atoms. The van der Waals surface area contributed by atoms with Crippen LogP contribution in [0.15, 0.2) is 0 Å². The van der Waals surface area contributed by atoms with E-state index in [-0.39, 0.29) is 26.4 Å². The summed E-state index contributed by atoms with van der Waals surface area (Å²) >= 11 is 0. The summed E-state index contributed by atoms with van der Waals surface area (Å²) in [5, 5.41) is 0. The fourth-order valence-corrected chi connectivity index (χ4v) is 1.78. The molecule has 0 radical (unpaired) electrons. The molecule has 152 valence electrons. The van der Waals surface area contributed by atoms with Crippen LogP contribution in [0.25, 0.3) is 0 Å². The maximum Gasteiger partial charge on any atom is 0.284 e. The van der Waals surface area contributed by atoms with Crippen LogP contribution < -0.4 is 0 Å². The van der Waals surface area contributed by atoms with E-state index in [9.17, 15) is 0 Å². The quantitative estimate of drug-likeness (QED) is 0.259. The van der Waals surface area contributed by atoms with Gasteiger partial charge in [-0.3, -0.25) is 4.74 Å². The molecule has 0 aliphatic heterocycles. The van der Waals surface area contributed by atoms with E-state index in [1.54, 1.807) is 42.3 Å². The number of hydrogen-bond donors (Lipinski definition) is 0. The molecule has 0 aromatic rings. The average molecular weight is 370 g/mol. The molecule has 0 aliphatic carbocycles. The Morgan fingerprint density at radius 2 is 0.680 bits per heavy atom. The van der Waals surface area contributed by atoms with Gasteiger partial charge in [-0.05, 0) is 0 Å². The van der Waals surface area contributed by atoms with Crippen LogP contribution in [0.4, 0.5) is 0 Å². The fourth-order valence-electron chi connectivity index (χ4n) is 1.78. The SMILES string of the molecule is COCCOC(C)(OCCOC)OC(C)(OCCOC)OCCOC. The summed E-state index contributed by atoms with van der Waals surface area (Å²) in [4.78, 5) is 0. The van der Waals surface area contributed by atoms with Crippen molar-refractivity contribution in [2.24, 2.45) is 0 Å². The lowest BCUT2D eigenvalue weighted by atomic mass is 10.5. The van der Waals surface area contributed by atoms with Gasteiger partial charge < -0.3 is 37.9 Å². The zero-order chi connectivity index (χ0) is 19.0. The smallest absolute Gasteiger partial charge is 0.284 e. The minimum Gasteiger partial charge on any atom is -0.382 e. The topological polar surface area (TPSA) is 83.1 Å². The first-order chi connectivity index (χ1) is 11.9. The van der Waals surface area contributed by atoms with Crippen LogP contribution in [0.3, 0.4) is 0 Å². The zero-order valence-electron chi connectivity index (χ0n) is 16.3. The van der Waals surface area contributed by atoms with Crippen molar-refractivity contribution in [3.63, 3.8) is 0 Å². The fraction of sp³-hybridized carbons (Fsp3) is 1.00. The highest BCUT2D eigenvalue weighted by Crippen LogP contribution is 2.26. The molecule has 0 aliphatic rings. The Kier molecular flexibility index (Phi) is 14.6. The van der Waals surface area contributed by atoms with Gasteiger partial charge in [0.25, 0.3) is 11.9 Å².